The molecule has 0 saturated carbocycles. The number of carbonyl (C=O) groups excluding carboxylic acids is 1. The maximum absolute atomic E-state index is 12.6. The van der Waals surface area contributed by atoms with Crippen molar-refractivity contribution in [1.82, 2.24) is 4.90 Å². The van der Waals surface area contributed by atoms with Gasteiger partial charge in [0, 0.05) is 6.54 Å². The van der Waals surface area contributed by atoms with Gasteiger partial charge in [0.25, 0.3) is 0 Å². The van der Waals surface area contributed by atoms with Crippen LogP contribution in [0.3, 0.4) is 0 Å². The van der Waals surface area contributed by atoms with E-state index in [-0.39, 0.29) is 6.61 Å². The summed E-state index contributed by atoms with van der Waals surface area (Å²) in [5, 5.41) is 11.1. The predicted molar refractivity (Wildman–Crippen MR) is 85.4 cm³/mol. The van der Waals surface area contributed by atoms with Crippen LogP contribution < -0.4 is 0 Å². The van der Waals surface area contributed by atoms with Crippen molar-refractivity contribution in [2.75, 3.05) is 27.2 Å². The number of benzene rings is 2. The number of nitrogens with zero attached hydrogens (tertiary/aromatic N) is 1. The average Bonchev–Trinajstić information content (AvgIpc) is 2.55. The highest BCUT2D eigenvalue weighted by Crippen LogP contribution is 2.30. The second-order valence-electron chi connectivity index (χ2n) is 5.38. The van der Waals surface area contributed by atoms with Crippen molar-refractivity contribution in [3.8, 4) is 0 Å². The molecule has 1 N–H and O–H groups in total. The molecule has 0 radical (unpaired) electrons. The van der Waals surface area contributed by atoms with Crippen LogP contribution in [0.2, 0.25) is 0 Å². The minimum Gasteiger partial charge on any atom is -0.462 e. The molecule has 22 heavy (non-hydrogen) atoms. The lowest BCUT2D eigenvalue weighted by Gasteiger charge is -2.27. The van der Waals surface area contributed by atoms with Crippen LogP contribution in [0.25, 0.3) is 0 Å². The molecule has 0 unspecified atom stereocenters. The third kappa shape index (κ3) is 3.53. The molecule has 0 heterocycles. The van der Waals surface area contributed by atoms with Gasteiger partial charge in [0.1, 0.15) is 6.61 Å². The zero-order valence-electron chi connectivity index (χ0n) is 12.9. The van der Waals surface area contributed by atoms with Crippen LogP contribution in [0.1, 0.15) is 11.1 Å². The molecule has 116 valence electrons. The summed E-state index contributed by atoms with van der Waals surface area (Å²) in [7, 11) is 3.79. The van der Waals surface area contributed by atoms with Crippen molar-refractivity contribution < 1.29 is 14.6 Å². The first-order valence-corrected chi connectivity index (χ1v) is 7.20. The number of carbonyl (C=O) groups is 1. The Labute approximate surface area is 131 Å². The molecule has 2 rings (SSSR count). The first kappa shape index (κ1) is 16.2. The van der Waals surface area contributed by atoms with Crippen molar-refractivity contribution in [2.24, 2.45) is 0 Å². The molecule has 0 atom stereocenters. The van der Waals surface area contributed by atoms with Gasteiger partial charge >= 0.3 is 5.97 Å². The molecule has 0 aliphatic carbocycles. The molecule has 0 spiro atoms. The summed E-state index contributed by atoms with van der Waals surface area (Å²) in [5.74, 6) is -0.660. The van der Waals surface area contributed by atoms with Crippen molar-refractivity contribution in [3.63, 3.8) is 0 Å². The van der Waals surface area contributed by atoms with Gasteiger partial charge in [-0.05, 0) is 25.2 Å². The molecule has 0 aromatic heterocycles. The van der Waals surface area contributed by atoms with E-state index in [0.29, 0.717) is 17.7 Å². The summed E-state index contributed by atoms with van der Waals surface area (Å²) in [6, 6.07) is 17.7. The van der Waals surface area contributed by atoms with E-state index in [2.05, 4.69) is 0 Å². The Hall–Kier alpha value is -2.17. The van der Waals surface area contributed by atoms with Crippen LogP contribution in [0.15, 0.2) is 60.7 Å². The smallest absolute Gasteiger partial charge is 0.347 e. The molecule has 0 aliphatic rings. The summed E-state index contributed by atoms with van der Waals surface area (Å²) in [6.45, 7) is 0.833. The molecule has 0 saturated heterocycles. The molecular weight excluding hydrogens is 278 g/mol. The van der Waals surface area contributed by atoms with Crippen LogP contribution in [0.4, 0.5) is 0 Å². The molecule has 0 aliphatic heterocycles. The van der Waals surface area contributed by atoms with Crippen LogP contribution in [0, 0.1) is 0 Å². The number of likely N-dealkylation sites (N-methyl/N-ethyl adjacent to an activating group) is 1. The van der Waals surface area contributed by atoms with E-state index in [1.807, 2.05) is 31.1 Å². The number of hydrogen-bond acceptors (Lipinski definition) is 4. The SMILES string of the molecule is CN(C)CCOC(=O)C(O)(c1ccccc1)c1ccccc1. The lowest BCUT2D eigenvalue weighted by molar-refractivity contribution is -0.162. The lowest BCUT2D eigenvalue weighted by atomic mass is 9.86. The number of hydrogen-bond donors (Lipinski definition) is 1. The Morgan fingerprint density at radius 3 is 1.86 bits per heavy atom. The molecule has 4 nitrogen and oxygen atoms in total. The van der Waals surface area contributed by atoms with E-state index >= 15 is 0 Å². The third-order valence-electron chi connectivity index (χ3n) is 3.45. The standard InChI is InChI=1S/C18H21NO3/c1-19(2)13-14-22-17(20)18(21,15-9-5-3-6-10-15)16-11-7-4-8-12-16/h3-12,21H,13-14H2,1-2H3. The van der Waals surface area contributed by atoms with E-state index in [4.69, 9.17) is 4.74 Å². The first-order valence-electron chi connectivity index (χ1n) is 7.20. The summed E-state index contributed by atoms with van der Waals surface area (Å²) in [6.07, 6.45) is 0. The highest BCUT2D eigenvalue weighted by molar-refractivity contribution is 5.85. The third-order valence-corrected chi connectivity index (χ3v) is 3.45. The molecule has 2 aromatic carbocycles. The number of aliphatic hydroxyl groups is 1. The van der Waals surface area contributed by atoms with Gasteiger partial charge in [-0.25, -0.2) is 4.79 Å². The molecular formula is C18H21NO3. The fourth-order valence-corrected chi connectivity index (χ4v) is 2.19. The largest absolute Gasteiger partial charge is 0.462 e. The quantitative estimate of drug-likeness (QED) is 0.829. The number of rotatable bonds is 6. The van der Waals surface area contributed by atoms with Crippen molar-refractivity contribution in [2.45, 2.75) is 5.60 Å². The minimum atomic E-state index is -1.80. The summed E-state index contributed by atoms with van der Waals surface area (Å²) >= 11 is 0. The van der Waals surface area contributed by atoms with Gasteiger partial charge in [-0.2, -0.15) is 0 Å². The van der Waals surface area contributed by atoms with Gasteiger partial charge in [0.2, 0.25) is 5.60 Å². The van der Waals surface area contributed by atoms with Crippen molar-refractivity contribution in [1.29, 1.82) is 0 Å². The fourth-order valence-electron chi connectivity index (χ4n) is 2.19. The average molecular weight is 299 g/mol. The van der Waals surface area contributed by atoms with Crippen LogP contribution in [-0.4, -0.2) is 43.2 Å². The Kier molecular flexibility index (Phi) is 5.31. The number of ether oxygens (including phenoxy) is 1. The Morgan fingerprint density at radius 1 is 1.00 bits per heavy atom. The van der Waals surface area contributed by atoms with Crippen LogP contribution in [0.5, 0.6) is 0 Å². The molecule has 0 amide bonds. The van der Waals surface area contributed by atoms with E-state index in [1.165, 1.54) is 0 Å². The highest BCUT2D eigenvalue weighted by atomic mass is 16.5. The summed E-state index contributed by atoms with van der Waals surface area (Å²) in [5.41, 5.74) is -0.804. The first-order chi connectivity index (χ1) is 10.5. The van der Waals surface area contributed by atoms with Crippen LogP contribution >= 0.6 is 0 Å². The second kappa shape index (κ2) is 7.20. The molecule has 0 fully saturated rings. The Morgan fingerprint density at radius 2 is 1.45 bits per heavy atom. The maximum atomic E-state index is 12.6. The lowest BCUT2D eigenvalue weighted by Crippen LogP contribution is -2.39. The normalized spacial score (nSPS) is 11.5. The summed E-state index contributed by atoms with van der Waals surface area (Å²) < 4.78 is 5.30. The topological polar surface area (TPSA) is 49.8 Å². The van der Waals surface area contributed by atoms with Gasteiger partial charge in [0.05, 0.1) is 0 Å². The molecule has 2 aromatic rings. The summed E-state index contributed by atoms with van der Waals surface area (Å²) in [4.78, 5) is 14.5. The zero-order valence-corrected chi connectivity index (χ0v) is 12.9. The minimum absolute atomic E-state index is 0.230. The van der Waals surface area contributed by atoms with Crippen molar-refractivity contribution in [3.05, 3.63) is 71.8 Å². The van der Waals surface area contributed by atoms with Gasteiger partial charge < -0.3 is 14.7 Å². The van der Waals surface area contributed by atoms with E-state index in [0.717, 1.165) is 0 Å². The Balaban J connectivity index is 2.32. The highest BCUT2D eigenvalue weighted by Gasteiger charge is 2.41. The fraction of sp³-hybridized carbons (Fsp3) is 0.278. The monoisotopic (exact) mass is 299 g/mol. The molecule has 0 bridgehead atoms. The Bertz CT molecular complexity index is 557. The van der Waals surface area contributed by atoms with E-state index < -0.39 is 11.6 Å². The molecule has 4 heteroatoms. The second-order valence-corrected chi connectivity index (χ2v) is 5.38. The van der Waals surface area contributed by atoms with Crippen LogP contribution in [-0.2, 0) is 15.1 Å². The van der Waals surface area contributed by atoms with Gasteiger partial charge in [0.15, 0.2) is 0 Å². The zero-order chi connectivity index (χ0) is 16.0. The van der Waals surface area contributed by atoms with Gasteiger partial charge in [-0.1, -0.05) is 60.7 Å². The van der Waals surface area contributed by atoms with Gasteiger partial charge in [-0.3, -0.25) is 0 Å². The maximum Gasteiger partial charge on any atom is 0.347 e. The van der Waals surface area contributed by atoms with E-state index in [1.54, 1.807) is 48.5 Å². The predicted octanol–water partition coefficient (Wildman–Crippen LogP) is 2.03. The van der Waals surface area contributed by atoms with E-state index in [9.17, 15) is 9.90 Å². The van der Waals surface area contributed by atoms with Gasteiger partial charge in [-0.15, -0.1) is 0 Å². The van der Waals surface area contributed by atoms with Crippen molar-refractivity contribution >= 4 is 5.97 Å². The number of esters is 1.